The molecule has 3 aromatic rings. The smallest absolute Gasteiger partial charge is 0.351 e. The SMILES string of the molecule is Cc1ccccc1-c1nc(NSc2cccc(N3CCNCC3C)n2)ccc1C(F)(F)F. The molecule has 0 bridgehead atoms. The number of hydrogen-bond donors (Lipinski definition) is 2. The van der Waals surface area contributed by atoms with Gasteiger partial charge in [0, 0.05) is 43.2 Å². The molecule has 9 heteroatoms. The van der Waals surface area contributed by atoms with Crippen molar-refractivity contribution in [2.24, 2.45) is 0 Å². The first-order valence-corrected chi connectivity index (χ1v) is 11.2. The molecule has 0 spiro atoms. The maximum absolute atomic E-state index is 13.6. The normalized spacial score (nSPS) is 16.8. The Bertz CT molecular complexity index is 1090. The van der Waals surface area contributed by atoms with Crippen LogP contribution in [0.3, 0.4) is 0 Å². The molecule has 1 aromatic carbocycles. The number of nitrogens with zero attached hydrogens (tertiary/aromatic N) is 3. The van der Waals surface area contributed by atoms with Crippen LogP contribution < -0.4 is 14.9 Å². The van der Waals surface area contributed by atoms with E-state index in [0.29, 0.717) is 22.4 Å². The number of nitrogens with one attached hydrogen (secondary N) is 2. The maximum Gasteiger partial charge on any atom is 0.418 e. The van der Waals surface area contributed by atoms with Crippen LogP contribution in [0.25, 0.3) is 11.3 Å². The van der Waals surface area contributed by atoms with Gasteiger partial charge in [0.15, 0.2) is 0 Å². The maximum atomic E-state index is 13.6. The lowest BCUT2D eigenvalue weighted by atomic mass is 10.0. The minimum absolute atomic E-state index is 0.0856. The van der Waals surface area contributed by atoms with Crippen LogP contribution in [0.5, 0.6) is 0 Å². The summed E-state index contributed by atoms with van der Waals surface area (Å²) in [6, 6.07) is 15.5. The molecule has 0 saturated carbocycles. The number of pyridine rings is 2. The van der Waals surface area contributed by atoms with Gasteiger partial charge in [0.2, 0.25) is 0 Å². The van der Waals surface area contributed by atoms with Crippen LogP contribution >= 0.6 is 11.9 Å². The number of halogens is 3. The zero-order valence-electron chi connectivity index (χ0n) is 17.8. The van der Waals surface area contributed by atoms with Crippen LogP contribution in [0.15, 0.2) is 59.6 Å². The summed E-state index contributed by atoms with van der Waals surface area (Å²) in [5, 5.41) is 4.07. The Labute approximate surface area is 189 Å². The lowest BCUT2D eigenvalue weighted by Crippen LogP contribution is -2.50. The van der Waals surface area contributed by atoms with Gasteiger partial charge in [0.05, 0.1) is 11.3 Å². The molecule has 32 heavy (non-hydrogen) atoms. The Morgan fingerprint density at radius 3 is 2.62 bits per heavy atom. The minimum atomic E-state index is -4.49. The number of hydrogen-bond acceptors (Lipinski definition) is 6. The van der Waals surface area contributed by atoms with Crippen LogP contribution in [0.2, 0.25) is 0 Å². The van der Waals surface area contributed by atoms with Gasteiger partial charge in [-0.25, -0.2) is 9.97 Å². The van der Waals surface area contributed by atoms with E-state index in [1.807, 2.05) is 18.2 Å². The fraction of sp³-hybridized carbons (Fsp3) is 0.304. The van der Waals surface area contributed by atoms with Gasteiger partial charge in [-0.15, -0.1) is 0 Å². The van der Waals surface area contributed by atoms with Gasteiger partial charge in [-0.3, -0.25) is 0 Å². The van der Waals surface area contributed by atoms with Gasteiger partial charge < -0.3 is 14.9 Å². The van der Waals surface area contributed by atoms with Crippen molar-refractivity contribution in [1.82, 2.24) is 15.3 Å². The van der Waals surface area contributed by atoms with E-state index < -0.39 is 11.7 Å². The number of piperazine rings is 1. The molecule has 1 atom stereocenters. The summed E-state index contributed by atoms with van der Waals surface area (Å²) >= 11 is 1.23. The number of anilines is 2. The highest BCUT2D eigenvalue weighted by Crippen LogP contribution is 2.38. The molecule has 1 aliphatic rings. The molecule has 5 nitrogen and oxygen atoms in total. The van der Waals surface area contributed by atoms with Gasteiger partial charge in [-0.2, -0.15) is 13.2 Å². The monoisotopic (exact) mass is 459 g/mol. The molecule has 168 valence electrons. The summed E-state index contributed by atoms with van der Waals surface area (Å²) in [5.41, 5.74) is 0.351. The fourth-order valence-electron chi connectivity index (χ4n) is 3.70. The standard InChI is InChI=1S/C23H24F3N5S/c1-15-6-3-4-7-17(15)22-18(23(24,25)26)10-11-19(28-22)30-32-21-9-5-8-20(29-21)31-13-12-27-14-16(31)2/h3-11,16,27H,12-14H2,1-2H3,(H,28,30). The molecule has 0 radical (unpaired) electrons. The highest BCUT2D eigenvalue weighted by Gasteiger charge is 2.35. The van der Waals surface area contributed by atoms with Crippen molar-refractivity contribution in [3.05, 3.63) is 65.7 Å². The van der Waals surface area contributed by atoms with E-state index in [9.17, 15) is 13.2 Å². The highest BCUT2D eigenvalue weighted by molar-refractivity contribution is 8.00. The lowest BCUT2D eigenvalue weighted by molar-refractivity contribution is -0.137. The molecule has 3 heterocycles. The van der Waals surface area contributed by atoms with E-state index in [0.717, 1.165) is 37.1 Å². The molecule has 4 rings (SSSR count). The van der Waals surface area contributed by atoms with Gasteiger partial charge >= 0.3 is 6.18 Å². The largest absolute Gasteiger partial charge is 0.418 e. The Morgan fingerprint density at radius 1 is 1.06 bits per heavy atom. The van der Waals surface area contributed by atoms with Gasteiger partial charge in [0.1, 0.15) is 16.7 Å². The van der Waals surface area contributed by atoms with Crippen molar-refractivity contribution < 1.29 is 13.2 Å². The Morgan fingerprint density at radius 2 is 1.88 bits per heavy atom. The van der Waals surface area contributed by atoms with E-state index in [1.165, 1.54) is 18.0 Å². The van der Waals surface area contributed by atoms with Crippen LogP contribution in [0, 0.1) is 6.92 Å². The summed E-state index contributed by atoms with van der Waals surface area (Å²) < 4.78 is 43.9. The topological polar surface area (TPSA) is 53.1 Å². The first kappa shape index (κ1) is 22.4. The van der Waals surface area contributed by atoms with E-state index in [-0.39, 0.29) is 5.69 Å². The zero-order chi connectivity index (χ0) is 22.7. The predicted molar refractivity (Wildman–Crippen MR) is 123 cm³/mol. The van der Waals surface area contributed by atoms with E-state index in [4.69, 9.17) is 4.98 Å². The average molecular weight is 460 g/mol. The predicted octanol–water partition coefficient (Wildman–Crippen LogP) is 5.39. The molecule has 0 aliphatic carbocycles. The van der Waals surface area contributed by atoms with Gasteiger partial charge in [0.25, 0.3) is 0 Å². The second-order valence-electron chi connectivity index (χ2n) is 7.69. The summed E-state index contributed by atoms with van der Waals surface area (Å²) in [7, 11) is 0. The highest BCUT2D eigenvalue weighted by atomic mass is 32.2. The number of aryl methyl sites for hydroxylation is 1. The lowest BCUT2D eigenvalue weighted by Gasteiger charge is -2.35. The van der Waals surface area contributed by atoms with E-state index >= 15 is 0 Å². The second kappa shape index (κ2) is 9.38. The number of aromatic nitrogens is 2. The number of alkyl halides is 3. The van der Waals surface area contributed by atoms with Crippen LogP contribution in [-0.4, -0.2) is 35.6 Å². The van der Waals surface area contributed by atoms with Crippen molar-refractivity contribution >= 4 is 23.6 Å². The van der Waals surface area contributed by atoms with Crippen LogP contribution in [-0.2, 0) is 6.18 Å². The molecular weight excluding hydrogens is 435 g/mol. The van der Waals surface area contributed by atoms with Crippen molar-refractivity contribution in [2.45, 2.75) is 31.1 Å². The van der Waals surface area contributed by atoms with Crippen molar-refractivity contribution in [3.63, 3.8) is 0 Å². The summed E-state index contributed by atoms with van der Waals surface area (Å²) in [6.45, 7) is 6.59. The zero-order valence-corrected chi connectivity index (χ0v) is 18.6. The molecule has 1 saturated heterocycles. The molecule has 2 aromatic heterocycles. The second-order valence-corrected chi connectivity index (χ2v) is 8.52. The van der Waals surface area contributed by atoms with E-state index in [1.54, 1.807) is 31.2 Å². The third kappa shape index (κ3) is 4.99. The Balaban J connectivity index is 1.57. The first-order valence-electron chi connectivity index (χ1n) is 10.3. The minimum Gasteiger partial charge on any atom is -0.351 e. The number of benzene rings is 1. The number of rotatable bonds is 5. The van der Waals surface area contributed by atoms with Crippen LogP contribution in [0.4, 0.5) is 24.8 Å². The quantitative estimate of drug-likeness (QED) is 0.499. The Hall–Kier alpha value is -2.78. The van der Waals surface area contributed by atoms with Gasteiger partial charge in [-0.05, 0) is 43.7 Å². The van der Waals surface area contributed by atoms with Gasteiger partial charge in [-0.1, -0.05) is 30.3 Å². The van der Waals surface area contributed by atoms with E-state index in [2.05, 4.69) is 26.8 Å². The molecule has 1 aliphatic heterocycles. The summed E-state index contributed by atoms with van der Waals surface area (Å²) in [5.74, 6) is 1.22. The molecule has 0 amide bonds. The van der Waals surface area contributed by atoms with Crippen molar-refractivity contribution in [2.75, 3.05) is 29.3 Å². The fourth-order valence-corrected chi connectivity index (χ4v) is 4.30. The summed E-state index contributed by atoms with van der Waals surface area (Å²) in [6.07, 6.45) is -4.49. The first-order chi connectivity index (χ1) is 15.3. The average Bonchev–Trinajstić information content (AvgIpc) is 2.78. The third-order valence-corrected chi connectivity index (χ3v) is 6.11. The van der Waals surface area contributed by atoms with Crippen molar-refractivity contribution in [3.8, 4) is 11.3 Å². The Kier molecular flexibility index (Phi) is 6.57. The van der Waals surface area contributed by atoms with Crippen LogP contribution in [0.1, 0.15) is 18.1 Å². The molecular formula is C23H24F3N5S. The third-order valence-electron chi connectivity index (χ3n) is 5.37. The van der Waals surface area contributed by atoms with Crippen molar-refractivity contribution in [1.29, 1.82) is 0 Å². The summed E-state index contributed by atoms with van der Waals surface area (Å²) in [4.78, 5) is 11.3. The molecule has 1 unspecified atom stereocenters. The molecule has 2 N–H and O–H groups in total. The molecule has 1 fully saturated rings.